The van der Waals surface area contributed by atoms with Crippen LogP contribution in [-0.2, 0) is 9.59 Å². The van der Waals surface area contributed by atoms with Gasteiger partial charge in [0.1, 0.15) is 0 Å². The molecule has 2 rings (SSSR count). The molecule has 0 heterocycles. The topological polar surface area (TPSA) is 95.5 Å². The van der Waals surface area contributed by atoms with E-state index in [-0.39, 0.29) is 0 Å². The summed E-state index contributed by atoms with van der Waals surface area (Å²) in [7, 11) is 0. The van der Waals surface area contributed by atoms with Crippen molar-refractivity contribution in [3.8, 4) is 0 Å². The van der Waals surface area contributed by atoms with Crippen molar-refractivity contribution in [1.29, 1.82) is 0 Å². The van der Waals surface area contributed by atoms with Gasteiger partial charge >= 0.3 is 5.97 Å². The van der Waals surface area contributed by atoms with Gasteiger partial charge in [-0.05, 0) is 31.0 Å². The molecule has 2 amide bonds. The highest BCUT2D eigenvalue weighted by Gasteiger charge is 2.34. The standard InChI is InChI=1S/C15H15ClN2O4/c16-10-5-3-4-9(8-10)13(19)17-18-14(20)11-6-1-2-7-12(11)15(21)22/h1-5,8,11-12H,6-7H2,(H,17,19)(H,18,20)(H,21,22)/t11-,12-/m1/s1. The van der Waals surface area contributed by atoms with Crippen LogP contribution in [0.3, 0.4) is 0 Å². The molecule has 1 aromatic rings. The van der Waals surface area contributed by atoms with Crippen molar-refractivity contribution in [3.63, 3.8) is 0 Å². The zero-order valence-corrected chi connectivity index (χ0v) is 12.3. The lowest BCUT2D eigenvalue weighted by atomic mass is 9.82. The maximum atomic E-state index is 12.1. The molecule has 0 spiro atoms. The summed E-state index contributed by atoms with van der Waals surface area (Å²) in [5.41, 5.74) is 4.84. The Morgan fingerprint density at radius 1 is 1.09 bits per heavy atom. The van der Waals surface area contributed by atoms with Gasteiger partial charge in [0, 0.05) is 10.6 Å². The number of benzene rings is 1. The lowest BCUT2D eigenvalue weighted by molar-refractivity contribution is -0.147. The summed E-state index contributed by atoms with van der Waals surface area (Å²) >= 11 is 5.79. The molecule has 7 heteroatoms. The summed E-state index contributed by atoms with van der Waals surface area (Å²) in [4.78, 5) is 35.1. The van der Waals surface area contributed by atoms with Gasteiger partial charge in [-0.3, -0.25) is 25.2 Å². The van der Waals surface area contributed by atoms with E-state index in [1.54, 1.807) is 30.4 Å². The van der Waals surface area contributed by atoms with Crippen molar-refractivity contribution in [3.05, 3.63) is 47.0 Å². The van der Waals surface area contributed by atoms with Gasteiger partial charge in [-0.15, -0.1) is 0 Å². The SMILES string of the molecule is O=C(NNC(=O)[C@@H]1CC=CC[C@H]1C(=O)O)c1cccc(Cl)c1. The molecule has 6 nitrogen and oxygen atoms in total. The number of hydrogen-bond acceptors (Lipinski definition) is 3. The number of aliphatic carboxylic acids is 1. The van der Waals surface area contributed by atoms with Gasteiger partial charge < -0.3 is 5.11 Å². The zero-order valence-electron chi connectivity index (χ0n) is 11.6. The minimum atomic E-state index is -1.02. The molecule has 0 aromatic heterocycles. The van der Waals surface area contributed by atoms with Gasteiger partial charge in [-0.1, -0.05) is 29.8 Å². The number of rotatable bonds is 3. The first kappa shape index (κ1) is 16.0. The van der Waals surface area contributed by atoms with Crippen LogP contribution in [0.4, 0.5) is 0 Å². The van der Waals surface area contributed by atoms with Crippen molar-refractivity contribution in [2.75, 3.05) is 0 Å². The summed E-state index contributed by atoms with van der Waals surface area (Å²) in [6.45, 7) is 0. The summed E-state index contributed by atoms with van der Waals surface area (Å²) < 4.78 is 0. The highest BCUT2D eigenvalue weighted by Crippen LogP contribution is 2.25. The fraction of sp³-hybridized carbons (Fsp3) is 0.267. The van der Waals surface area contributed by atoms with Crippen LogP contribution in [0, 0.1) is 11.8 Å². The quantitative estimate of drug-likeness (QED) is 0.584. The third-order valence-electron chi connectivity index (χ3n) is 3.47. The van der Waals surface area contributed by atoms with Crippen molar-refractivity contribution >= 4 is 29.4 Å². The van der Waals surface area contributed by atoms with Crippen LogP contribution in [0.15, 0.2) is 36.4 Å². The lowest BCUT2D eigenvalue weighted by Crippen LogP contribution is -2.47. The molecule has 0 radical (unpaired) electrons. The minimum absolute atomic E-state index is 0.297. The molecule has 0 fully saturated rings. The molecule has 1 aliphatic rings. The summed E-state index contributed by atoms with van der Waals surface area (Å²) in [6, 6.07) is 6.26. The molecule has 1 aliphatic carbocycles. The minimum Gasteiger partial charge on any atom is -0.481 e. The van der Waals surface area contributed by atoms with Crippen molar-refractivity contribution in [2.45, 2.75) is 12.8 Å². The van der Waals surface area contributed by atoms with E-state index in [4.69, 9.17) is 16.7 Å². The number of carbonyl (C=O) groups excluding carboxylic acids is 2. The van der Waals surface area contributed by atoms with E-state index >= 15 is 0 Å². The Labute approximate surface area is 132 Å². The van der Waals surface area contributed by atoms with Crippen LogP contribution in [0.25, 0.3) is 0 Å². The van der Waals surface area contributed by atoms with Crippen LogP contribution in [0.1, 0.15) is 23.2 Å². The Hall–Kier alpha value is -2.34. The average Bonchev–Trinajstić information content (AvgIpc) is 2.52. The first-order valence-corrected chi connectivity index (χ1v) is 7.10. The van der Waals surface area contributed by atoms with E-state index in [0.717, 1.165) is 0 Å². The van der Waals surface area contributed by atoms with Gasteiger partial charge in [0.15, 0.2) is 0 Å². The van der Waals surface area contributed by atoms with Crippen molar-refractivity contribution in [1.82, 2.24) is 10.9 Å². The van der Waals surface area contributed by atoms with Crippen LogP contribution in [0.2, 0.25) is 5.02 Å². The number of allylic oxidation sites excluding steroid dienone is 2. The number of hydrogen-bond donors (Lipinski definition) is 3. The zero-order chi connectivity index (χ0) is 16.1. The number of amides is 2. The van der Waals surface area contributed by atoms with Gasteiger partial charge in [-0.25, -0.2) is 0 Å². The number of halogens is 1. The second kappa shape index (κ2) is 7.09. The van der Waals surface area contributed by atoms with Crippen LogP contribution >= 0.6 is 11.6 Å². The molecular weight excluding hydrogens is 308 g/mol. The third kappa shape index (κ3) is 3.85. The molecule has 3 N–H and O–H groups in total. The summed E-state index contributed by atoms with van der Waals surface area (Å²) in [6.07, 6.45) is 4.14. The fourth-order valence-corrected chi connectivity index (χ4v) is 2.48. The Morgan fingerprint density at radius 3 is 2.41 bits per heavy atom. The molecule has 0 saturated heterocycles. The second-order valence-electron chi connectivity index (χ2n) is 4.95. The maximum Gasteiger partial charge on any atom is 0.307 e. The predicted molar refractivity (Wildman–Crippen MR) is 80.1 cm³/mol. The fourth-order valence-electron chi connectivity index (χ4n) is 2.29. The predicted octanol–water partition coefficient (Wildman–Crippen LogP) is 1.77. The highest BCUT2D eigenvalue weighted by molar-refractivity contribution is 6.30. The third-order valence-corrected chi connectivity index (χ3v) is 3.71. The molecule has 1 aromatic carbocycles. The molecule has 0 aliphatic heterocycles. The normalized spacial score (nSPS) is 20.2. The molecule has 0 unspecified atom stereocenters. The number of carboxylic acid groups (broad SMARTS) is 1. The first-order valence-electron chi connectivity index (χ1n) is 6.72. The first-order chi connectivity index (χ1) is 10.5. The summed E-state index contributed by atoms with van der Waals surface area (Å²) in [5, 5.41) is 9.53. The highest BCUT2D eigenvalue weighted by atomic mass is 35.5. The van der Waals surface area contributed by atoms with E-state index < -0.39 is 29.6 Å². The van der Waals surface area contributed by atoms with Crippen LogP contribution in [-0.4, -0.2) is 22.9 Å². The van der Waals surface area contributed by atoms with E-state index in [1.807, 2.05) is 0 Å². The number of nitrogens with one attached hydrogen (secondary N) is 2. The Balaban J connectivity index is 1.96. The van der Waals surface area contributed by atoms with E-state index in [9.17, 15) is 14.4 Å². The van der Waals surface area contributed by atoms with E-state index in [0.29, 0.717) is 23.4 Å². The average molecular weight is 323 g/mol. The molecule has 2 atom stereocenters. The second-order valence-corrected chi connectivity index (χ2v) is 5.38. The summed E-state index contributed by atoms with van der Waals surface area (Å²) in [5.74, 6) is -3.55. The van der Waals surface area contributed by atoms with Gasteiger partial charge in [0.05, 0.1) is 11.8 Å². The Bertz CT molecular complexity index is 630. The number of carbonyl (C=O) groups is 3. The molecular formula is C15H15ClN2O4. The molecule has 116 valence electrons. The largest absolute Gasteiger partial charge is 0.481 e. The lowest BCUT2D eigenvalue weighted by Gasteiger charge is -2.24. The van der Waals surface area contributed by atoms with Gasteiger partial charge in [0.2, 0.25) is 5.91 Å². The molecule has 0 saturated carbocycles. The smallest absolute Gasteiger partial charge is 0.307 e. The number of hydrazine groups is 1. The maximum absolute atomic E-state index is 12.1. The van der Waals surface area contributed by atoms with Gasteiger partial charge in [0.25, 0.3) is 5.91 Å². The monoisotopic (exact) mass is 322 g/mol. The molecule has 22 heavy (non-hydrogen) atoms. The van der Waals surface area contributed by atoms with E-state index in [2.05, 4.69) is 10.9 Å². The molecule has 0 bridgehead atoms. The Kier molecular flexibility index (Phi) is 5.16. The Morgan fingerprint density at radius 2 is 1.77 bits per heavy atom. The van der Waals surface area contributed by atoms with Gasteiger partial charge in [-0.2, -0.15) is 0 Å². The van der Waals surface area contributed by atoms with Crippen LogP contribution < -0.4 is 10.9 Å². The number of carboxylic acids is 1. The van der Waals surface area contributed by atoms with Crippen molar-refractivity contribution in [2.24, 2.45) is 11.8 Å². The van der Waals surface area contributed by atoms with Crippen molar-refractivity contribution < 1.29 is 19.5 Å². The van der Waals surface area contributed by atoms with E-state index in [1.165, 1.54) is 6.07 Å². The van der Waals surface area contributed by atoms with Crippen LogP contribution in [0.5, 0.6) is 0 Å².